The minimum absolute atomic E-state index is 0. The predicted molar refractivity (Wildman–Crippen MR) is 93.5 cm³/mol. The fourth-order valence-corrected chi connectivity index (χ4v) is 3.25. The molecule has 1 aliphatic heterocycles. The smallest absolute Gasteiger partial charge is 0.254 e. The first-order valence-electron chi connectivity index (χ1n) is 7.79. The van der Waals surface area contributed by atoms with Crippen molar-refractivity contribution in [1.82, 2.24) is 4.90 Å². The van der Waals surface area contributed by atoms with E-state index in [-0.39, 0.29) is 18.3 Å². The van der Waals surface area contributed by atoms with E-state index in [0.717, 1.165) is 36.8 Å². The van der Waals surface area contributed by atoms with Crippen LogP contribution in [0.4, 0.5) is 0 Å². The largest absolute Gasteiger partial charge is 0.336 e. The number of likely N-dealkylation sites (tertiary alicyclic amines) is 1. The summed E-state index contributed by atoms with van der Waals surface area (Å²) >= 11 is 0. The van der Waals surface area contributed by atoms with Crippen LogP contribution in [-0.4, -0.2) is 29.9 Å². The van der Waals surface area contributed by atoms with Gasteiger partial charge in [0.05, 0.1) is 0 Å². The summed E-state index contributed by atoms with van der Waals surface area (Å²) in [7, 11) is 0. The lowest BCUT2D eigenvalue weighted by Crippen LogP contribution is -2.44. The Morgan fingerprint density at radius 3 is 2.68 bits per heavy atom. The fourth-order valence-electron chi connectivity index (χ4n) is 3.25. The normalized spacial score (nSPS) is 18.0. The van der Waals surface area contributed by atoms with E-state index in [1.807, 2.05) is 35.2 Å². The third-order valence-electron chi connectivity index (χ3n) is 4.38. The Kier molecular flexibility index (Phi) is 5.81. The van der Waals surface area contributed by atoms with Crippen molar-refractivity contribution in [2.24, 2.45) is 5.73 Å². The van der Waals surface area contributed by atoms with Crippen LogP contribution < -0.4 is 5.73 Å². The van der Waals surface area contributed by atoms with Gasteiger partial charge in [-0.3, -0.25) is 4.79 Å². The Labute approximate surface area is 137 Å². The monoisotopic (exact) mass is 318 g/mol. The first-order valence-corrected chi connectivity index (χ1v) is 7.79. The van der Waals surface area contributed by atoms with Gasteiger partial charge in [-0.05, 0) is 55.1 Å². The van der Waals surface area contributed by atoms with Gasteiger partial charge in [0.25, 0.3) is 5.91 Å². The van der Waals surface area contributed by atoms with Crippen molar-refractivity contribution in [2.75, 3.05) is 13.1 Å². The molecule has 2 aromatic rings. The van der Waals surface area contributed by atoms with E-state index in [1.54, 1.807) is 0 Å². The maximum Gasteiger partial charge on any atom is 0.254 e. The Hall–Kier alpha value is -1.58. The molecule has 1 fully saturated rings. The van der Waals surface area contributed by atoms with Gasteiger partial charge in [0.2, 0.25) is 0 Å². The van der Waals surface area contributed by atoms with Crippen molar-refractivity contribution in [1.29, 1.82) is 0 Å². The average Bonchev–Trinajstić information content (AvgIpc) is 2.54. The van der Waals surface area contributed by atoms with E-state index >= 15 is 0 Å². The third kappa shape index (κ3) is 3.42. The van der Waals surface area contributed by atoms with Gasteiger partial charge in [0.1, 0.15) is 0 Å². The van der Waals surface area contributed by atoms with Crippen molar-refractivity contribution in [3.63, 3.8) is 0 Å². The molecule has 0 spiro atoms. The molecule has 22 heavy (non-hydrogen) atoms. The van der Waals surface area contributed by atoms with Gasteiger partial charge in [0, 0.05) is 18.2 Å². The Morgan fingerprint density at radius 1 is 1.14 bits per heavy atom. The molecule has 0 radical (unpaired) electrons. The van der Waals surface area contributed by atoms with E-state index in [1.165, 1.54) is 11.8 Å². The molecule has 2 N–H and O–H groups in total. The number of nitrogens with two attached hydrogens (primary N) is 1. The number of halogens is 1. The Morgan fingerprint density at radius 2 is 1.91 bits per heavy atom. The summed E-state index contributed by atoms with van der Waals surface area (Å²) in [6.07, 6.45) is 4.28. The number of rotatable bonds is 3. The fraction of sp³-hybridized carbons (Fsp3) is 0.389. The number of carbonyl (C=O) groups is 1. The number of amides is 1. The summed E-state index contributed by atoms with van der Waals surface area (Å²) in [5.41, 5.74) is 6.49. The Bertz CT molecular complexity index is 642. The quantitative estimate of drug-likeness (QED) is 0.939. The average molecular weight is 319 g/mol. The number of carbonyl (C=O) groups excluding carboxylic acids is 1. The second-order valence-corrected chi connectivity index (χ2v) is 5.79. The van der Waals surface area contributed by atoms with Crippen molar-refractivity contribution in [3.8, 4) is 0 Å². The van der Waals surface area contributed by atoms with Gasteiger partial charge >= 0.3 is 0 Å². The molecule has 0 aliphatic carbocycles. The van der Waals surface area contributed by atoms with Gasteiger partial charge in [-0.15, -0.1) is 12.4 Å². The van der Waals surface area contributed by atoms with Crippen LogP contribution in [0.1, 0.15) is 36.0 Å². The summed E-state index contributed by atoms with van der Waals surface area (Å²) in [5, 5.41) is 2.29. The number of nitrogens with zero attached hydrogens (tertiary/aromatic N) is 1. The Balaban J connectivity index is 0.00000176. The maximum absolute atomic E-state index is 12.8. The minimum atomic E-state index is 0. The first kappa shape index (κ1) is 16.8. The highest BCUT2D eigenvalue weighted by Crippen LogP contribution is 2.23. The minimum Gasteiger partial charge on any atom is -0.336 e. The van der Waals surface area contributed by atoms with E-state index in [4.69, 9.17) is 5.73 Å². The van der Waals surface area contributed by atoms with Crippen molar-refractivity contribution in [3.05, 3.63) is 48.0 Å². The summed E-state index contributed by atoms with van der Waals surface area (Å²) in [6, 6.07) is 14.4. The van der Waals surface area contributed by atoms with Crippen LogP contribution in [0.15, 0.2) is 42.5 Å². The van der Waals surface area contributed by atoms with E-state index in [9.17, 15) is 4.79 Å². The van der Waals surface area contributed by atoms with Crippen LogP contribution in [0.3, 0.4) is 0 Å². The lowest BCUT2D eigenvalue weighted by atomic mass is 9.97. The molecule has 2 aromatic carbocycles. The van der Waals surface area contributed by atoms with E-state index < -0.39 is 0 Å². The molecule has 3 nitrogen and oxygen atoms in total. The molecule has 1 saturated heterocycles. The molecule has 1 heterocycles. The molecule has 0 bridgehead atoms. The molecule has 1 aliphatic rings. The topological polar surface area (TPSA) is 46.3 Å². The molecule has 0 aromatic heterocycles. The zero-order chi connectivity index (χ0) is 14.7. The number of benzene rings is 2. The zero-order valence-electron chi connectivity index (χ0n) is 12.7. The SMILES string of the molecule is Cl.NCCC1CCCCN1C(=O)c1ccc2ccccc2c1. The lowest BCUT2D eigenvalue weighted by Gasteiger charge is -2.35. The van der Waals surface area contributed by atoms with Crippen molar-refractivity contribution < 1.29 is 4.79 Å². The highest BCUT2D eigenvalue weighted by atomic mass is 35.5. The van der Waals surface area contributed by atoms with E-state index in [0.29, 0.717) is 12.6 Å². The predicted octanol–water partition coefficient (Wildman–Crippen LogP) is 3.61. The van der Waals surface area contributed by atoms with Crippen LogP contribution in [0.25, 0.3) is 10.8 Å². The van der Waals surface area contributed by atoms with Crippen LogP contribution in [0.2, 0.25) is 0 Å². The second-order valence-electron chi connectivity index (χ2n) is 5.79. The molecule has 118 valence electrons. The molecule has 1 amide bonds. The van der Waals surface area contributed by atoms with Crippen LogP contribution >= 0.6 is 12.4 Å². The molecular weight excluding hydrogens is 296 g/mol. The van der Waals surface area contributed by atoms with Gasteiger partial charge in [-0.2, -0.15) is 0 Å². The summed E-state index contributed by atoms with van der Waals surface area (Å²) in [5.74, 6) is 0.152. The number of hydrogen-bond acceptors (Lipinski definition) is 2. The standard InChI is InChI=1S/C18H22N2O.ClH/c19-11-10-17-7-3-4-12-20(17)18(21)16-9-8-14-5-1-2-6-15(14)13-16;/h1-2,5-6,8-9,13,17H,3-4,7,10-12,19H2;1H. The van der Waals surface area contributed by atoms with E-state index in [2.05, 4.69) is 12.1 Å². The first-order chi connectivity index (χ1) is 10.3. The highest BCUT2D eigenvalue weighted by molar-refractivity contribution is 5.98. The molecule has 4 heteroatoms. The summed E-state index contributed by atoms with van der Waals surface area (Å²) in [6.45, 7) is 1.50. The van der Waals surface area contributed by atoms with Gasteiger partial charge in [-0.1, -0.05) is 30.3 Å². The van der Waals surface area contributed by atoms with Crippen LogP contribution in [0.5, 0.6) is 0 Å². The molecule has 3 rings (SSSR count). The molecule has 1 unspecified atom stereocenters. The van der Waals surface area contributed by atoms with Gasteiger partial charge < -0.3 is 10.6 Å². The number of piperidine rings is 1. The van der Waals surface area contributed by atoms with Gasteiger partial charge in [-0.25, -0.2) is 0 Å². The second kappa shape index (κ2) is 7.61. The zero-order valence-corrected chi connectivity index (χ0v) is 13.5. The summed E-state index contributed by atoms with van der Waals surface area (Å²) < 4.78 is 0. The summed E-state index contributed by atoms with van der Waals surface area (Å²) in [4.78, 5) is 14.8. The van der Waals surface area contributed by atoms with Crippen molar-refractivity contribution in [2.45, 2.75) is 31.7 Å². The third-order valence-corrected chi connectivity index (χ3v) is 4.38. The highest BCUT2D eigenvalue weighted by Gasteiger charge is 2.26. The lowest BCUT2D eigenvalue weighted by molar-refractivity contribution is 0.0605. The van der Waals surface area contributed by atoms with Crippen molar-refractivity contribution >= 4 is 29.1 Å². The molecule has 1 atom stereocenters. The number of hydrogen-bond donors (Lipinski definition) is 1. The van der Waals surface area contributed by atoms with Crippen LogP contribution in [-0.2, 0) is 0 Å². The molecular formula is C18H23ClN2O. The van der Waals surface area contributed by atoms with Crippen LogP contribution in [0, 0.1) is 0 Å². The number of fused-ring (bicyclic) bond motifs is 1. The van der Waals surface area contributed by atoms with Gasteiger partial charge in [0.15, 0.2) is 0 Å². The maximum atomic E-state index is 12.8. The molecule has 0 saturated carbocycles.